The van der Waals surface area contributed by atoms with Gasteiger partial charge in [0.1, 0.15) is 11.3 Å². The fourth-order valence-corrected chi connectivity index (χ4v) is 2.53. The van der Waals surface area contributed by atoms with Crippen LogP contribution in [-0.2, 0) is 0 Å². The number of para-hydroxylation sites is 1. The molecule has 5 heteroatoms. The second kappa shape index (κ2) is 4.59. The van der Waals surface area contributed by atoms with Crippen LogP contribution in [0.15, 0.2) is 24.3 Å². The summed E-state index contributed by atoms with van der Waals surface area (Å²) in [5.41, 5.74) is 0.913. The van der Waals surface area contributed by atoms with Gasteiger partial charge in [0.25, 0.3) is 0 Å². The molecule has 19 heavy (non-hydrogen) atoms. The third kappa shape index (κ3) is 2.06. The Labute approximate surface area is 109 Å². The first-order valence-corrected chi connectivity index (χ1v) is 6.20. The van der Waals surface area contributed by atoms with E-state index in [1.165, 1.54) is 12.1 Å². The number of nitrogens with one attached hydrogen (secondary N) is 1. The zero-order valence-corrected chi connectivity index (χ0v) is 10.2. The summed E-state index contributed by atoms with van der Waals surface area (Å²) in [6.07, 6.45) is 0.895. The van der Waals surface area contributed by atoms with Gasteiger partial charge < -0.3 is 10.4 Å². The summed E-state index contributed by atoms with van der Waals surface area (Å²) >= 11 is 0. The molecule has 1 fully saturated rings. The SMILES string of the molecule is O=C(O)c1cc(C2CCNC2)nc2c(F)cccc12. The molecule has 1 atom stereocenters. The number of carbonyl (C=O) groups is 1. The molecule has 0 radical (unpaired) electrons. The largest absolute Gasteiger partial charge is 0.478 e. The average Bonchev–Trinajstić information content (AvgIpc) is 2.92. The quantitative estimate of drug-likeness (QED) is 0.868. The molecule has 0 saturated carbocycles. The molecule has 1 aromatic heterocycles. The molecule has 2 aromatic rings. The first-order chi connectivity index (χ1) is 9.16. The zero-order chi connectivity index (χ0) is 13.4. The van der Waals surface area contributed by atoms with Crippen molar-refractivity contribution in [2.75, 3.05) is 13.1 Å². The van der Waals surface area contributed by atoms with Gasteiger partial charge in [-0.15, -0.1) is 0 Å². The lowest BCUT2D eigenvalue weighted by atomic mass is 9.99. The first kappa shape index (κ1) is 12.0. The highest BCUT2D eigenvalue weighted by Gasteiger charge is 2.22. The summed E-state index contributed by atoms with van der Waals surface area (Å²) in [5.74, 6) is -1.37. The van der Waals surface area contributed by atoms with Crippen molar-refractivity contribution in [1.82, 2.24) is 10.3 Å². The van der Waals surface area contributed by atoms with Crippen molar-refractivity contribution < 1.29 is 14.3 Å². The maximum atomic E-state index is 13.8. The van der Waals surface area contributed by atoms with Crippen LogP contribution in [-0.4, -0.2) is 29.1 Å². The number of aromatic nitrogens is 1. The molecular formula is C14H13FN2O2. The van der Waals surface area contributed by atoms with Crippen LogP contribution in [0.1, 0.15) is 28.4 Å². The van der Waals surface area contributed by atoms with Crippen LogP contribution < -0.4 is 5.32 Å². The molecular weight excluding hydrogens is 247 g/mol. The maximum absolute atomic E-state index is 13.8. The molecule has 1 unspecified atom stereocenters. The maximum Gasteiger partial charge on any atom is 0.336 e. The minimum absolute atomic E-state index is 0.117. The van der Waals surface area contributed by atoms with Gasteiger partial charge in [-0.2, -0.15) is 0 Å². The zero-order valence-electron chi connectivity index (χ0n) is 10.2. The molecule has 98 valence electrons. The van der Waals surface area contributed by atoms with Crippen molar-refractivity contribution in [3.05, 3.63) is 41.3 Å². The summed E-state index contributed by atoms with van der Waals surface area (Å²) in [6, 6.07) is 5.97. The fraction of sp³-hybridized carbons (Fsp3) is 0.286. The number of halogens is 1. The van der Waals surface area contributed by atoms with Crippen molar-refractivity contribution in [3.63, 3.8) is 0 Å². The van der Waals surface area contributed by atoms with Crippen LogP contribution in [0.4, 0.5) is 4.39 Å². The molecule has 0 amide bonds. The molecule has 0 bridgehead atoms. The Hall–Kier alpha value is -2.01. The minimum Gasteiger partial charge on any atom is -0.478 e. The van der Waals surface area contributed by atoms with Gasteiger partial charge in [0.2, 0.25) is 0 Å². The van der Waals surface area contributed by atoms with Gasteiger partial charge in [-0.1, -0.05) is 12.1 Å². The first-order valence-electron chi connectivity index (χ1n) is 6.20. The second-order valence-electron chi connectivity index (χ2n) is 4.73. The summed E-state index contributed by atoms with van der Waals surface area (Å²) in [6.45, 7) is 1.63. The number of carboxylic acids is 1. The van der Waals surface area contributed by atoms with E-state index in [2.05, 4.69) is 10.3 Å². The number of aromatic carboxylic acids is 1. The fourth-order valence-electron chi connectivity index (χ4n) is 2.53. The average molecular weight is 260 g/mol. The smallest absolute Gasteiger partial charge is 0.336 e. The summed E-state index contributed by atoms with van der Waals surface area (Å²) in [7, 11) is 0. The van der Waals surface area contributed by atoms with Gasteiger partial charge >= 0.3 is 5.97 Å². The van der Waals surface area contributed by atoms with Crippen LogP contribution in [0, 0.1) is 5.82 Å². The van der Waals surface area contributed by atoms with Gasteiger partial charge in [-0.3, -0.25) is 0 Å². The third-order valence-electron chi connectivity index (χ3n) is 3.52. The Kier molecular flexibility index (Phi) is 2.91. The summed E-state index contributed by atoms with van der Waals surface area (Å²) < 4.78 is 13.8. The number of hydrogen-bond acceptors (Lipinski definition) is 3. The molecule has 4 nitrogen and oxygen atoms in total. The van der Waals surface area contributed by atoms with Gasteiger partial charge in [-0.05, 0) is 25.1 Å². The predicted molar refractivity (Wildman–Crippen MR) is 68.9 cm³/mol. The molecule has 1 saturated heterocycles. The van der Waals surface area contributed by atoms with Crippen LogP contribution >= 0.6 is 0 Å². The number of rotatable bonds is 2. The molecule has 2 N–H and O–H groups in total. The Balaban J connectivity index is 2.25. The normalized spacial score (nSPS) is 18.9. The molecule has 1 aliphatic rings. The lowest BCUT2D eigenvalue weighted by Gasteiger charge is -2.11. The molecule has 3 rings (SSSR count). The van der Waals surface area contributed by atoms with E-state index in [4.69, 9.17) is 0 Å². The second-order valence-corrected chi connectivity index (χ2v) is 4.73. The van der Waals surface area contributed by atoms with Crippen molar-refractivity contribution >= 4 is 16.9 Å². The van der Waals surface area contributed by atoms with E-state index < -0.39 is 11.8 Å². The van der Waals surface area contributed by atoms with Crippen LogP contribution in [0.25, 0.3) is 10.9 Å². The highest BCUT2D eigenvalue weighted by atomic mass is 19.1. The van der Waals surface area contributed by atoms with Gasteiger partial charge in [-0.25, -0.2) is 14.2 Å². The van der Waals surface area contributed by atoms with E-state index in [-0.39, 0.29) is 17.0 Å². The number of hydrogen-bond donors (Lipinski definition) is 2. The predicted octanol–water partition coefficient (Wildman–Crippen LogP) is 2.15. The lowest BCUT2D eigenvalue weighted by Crippen LogP contribution is -2.10. The van der Waals surface area contributed by atoms with E-state index in [0.29, 0.717) is 11.1 Å². The molecule has 2 heterocycles. The van der Waals surface area contributed by atoms with E-state index in [0.717, 1.165) is 19.5 Å². The molecule has 1 aliphatic heterocycles. The summed E-state index contributed by atoms with van der Waals surface area (Å²) in [4.78, 5) is 15.6. The minimum atomic E-state index is -1.05. The third-order valence-corrected chi connectivity index (χ3v) is 3.52. The van der Waals surface area contributed by atoms with Crippen LogP contribution in [0.3, 0.4) is 0 Å². The molecule has 1 aromatic carbocycles. The number of fused-ring (bicyclic) bond motifs is 1. The van der Waals surface area contributed by atoms with E-state index in [1.54, 1.807) is 12.1 Å². The number of pyridine rings is 1. The topological polar surface area (TPSA) is 62.2 Å². The van der Waals surface area contributed by atoms with Gasteiger partial charge in [0.05, 0.1) is 5.56 Å². The molecule has 0 spiro atoms. The Morgan fingerprint density at radius 3 is 3.00 bits per heavy atom. The Bertz CT molecular complexity index is 651. The van der Waals surface area contributed by atoms with Crippen molar-refractivity contribution in [3.8, 4) is 0 Å². The van der Waals surface area contributed by atoms with Crippen molar-refractivity contribution in [1.29, 1.82) is 0 Å². The highest BCUT2D eigenvalue weighted by Crippen LogP contribution is 2.27. The number of benzene rings is 1. The Morgan fingerprint density at radius 1 is 1.47 bits per heavy atom. The lowest BCUT2D eigenvalue weighted by molar-refractivity contribution is 0.0699. The number of carboxylic acid groups (broad SMARTS) is 1. The highest BCUT2D eigenvalue weighted by molar-refractivity contribution is 6.02. The van der Waals surface area contributed by atoms with Gasteiger partial charge in [0, 0.05) is 23.5 Å². The summed E-state index contributed by atoms with van der Waals surface area (Å²) in [5, 5.41) is 12.8. The van der Waals surface area contributed by atoms with Crippen molar-refractivity contribution in [2.24, 2.45) is 0 Å². The van der Waals surface area contributed by atoms with E-state index in [1.807, 2.05) is 0 Å². The van der Waals surface area contributed by atoms with Crippen LogP contribution in [0.2, 0.25) is 0 Å². The standard InChI is InChI=1S/C14H13FN2O2/c15-11-3-1-2-9-10(14(18)19)6-12(17-13(9)11)8-4-5-16-7-8/h1-3,6,8,16H,4-5,7H2,(H,18,19). The molecule has 0 aliphatic carbocycles. The Morgan fingerprint density at radius 2 is 2.32 bits per heavy atom. The van der Waals surface area contributed by atoms with Crippen LogP contribution in [0.5, 0.6) is 0 Å². The number of nitrogens with zero attached hydrogens (tertiary/aromatic N) is 1. The monoisotopic (exact) mass is 260 g/mol. The van der Waals surface area contributed by atoms with E-state index >= 15 is 0 Å². The van der Waals surface area contributed by atoms with Crippen molar-refractivity contribution in [2.45, 2.75) is 12.3 Å². The van der Waals surface area contributed by atoms with Gasteiger partial charge in [0.15, 0.2) is 0 Å². The van der Waals surface area contributed by atoms with E-state index in [9.17, 15) is 14.3 Å².